The third kappa shape index (κ3) is 3.56. The van der Waals surface area contributed by atoms with Crippen LogP contribution in [0.15, 0.2) is 12.5 Å². The van der Waals surface area contributed by atoms with E-state index in [0.717, 1.165) is 19.6 Å². The largest absolute Gasteiger partial charge is 0.334 e. The zero-order chi connectivity index (χ0) is 12.3. The maximum Gasteiger partial charge on any atom is 0.0948 e. The van der Waals surface area contributed by atoms with Crippen molar-refractivity contribution in [2.45, 2.75) is 52.5 Å². The number of imidazole rings is 1. The molecule has 2 heterocycles. The first-order chi connectivity index (χ1) is 8.06. The van der Waals surface area contributed by atoms with Crippen molar-refractivity contribution in [1.82, 2.24) is 14.9 Å². The lowest BCUT2D eigenvalue weighted by Gasteiger charge is -2.25. The average Bonchev–Trinajstić information content (AvgIpc) is 2.75. The van der Waals surface area contributed by atoms with Crippen molar-refractivity contribution in [2.75, 3.05) is 13.1 Å². The lowest BCUT2D eigenvalue weighted by atomic mass is 9.91. The fourth-order valence-corrected chi connectivity index (χ4v) is 2.43. The molecule has 0 spiro atoms. The van der Waals surface area contributed by atoms with Crippen molar-refractivity contribution in [2.24, 2.45) is 5.41 Å². The fourth-order valence-electron chi connectivity index (χ4n) is 2.43. The molecule has 0 unspecified atom stereocenters. The van der Waals surface area contributed by atoms with Gasteiger partial charge in [0.25, 0.3) is 0 Å². The molecule has 3 heteroatoms. The zero-order valence-electron chi connectivity index (χ0n) is 11.4. The van der Waals surface area contributed by atoms with Crippen molar-refractivity contribution in [3.05, 3.63) is 18.2 Å². The van der Waals surface area contributed by atoms with Crippen LogP contribution in [0.25, 0.3) is 0 Å². The minimum atomic E-state index is 0.398. The van der Waals surface area contributed by atoms with Gasteiger partial charge in [-0.1, -0.05) is 20.8 Å². The molecule has 0 bridgehead atoms. The molecule has 1 aromatic rings. The summed E-state index contributed by atoms with van der Waals surface area (Å²) in [6, 6.07) is 0. The highest BCUT2D eigenvalue weighted by molar-refractivity contribution is 5.07. The molecule has 0 aliphatic carbocycles. The second-order valence-corrected chi connectivity index (χ2v) is 6.35. The van der Waals surface area contributed by atoms with Gasteiger partial charge in [0, 0.05) is 24.4 Å². The van der Waals surface area contributed by atoms with Gasteiger partial charge in [-0.2, -0.15) is 0 Å². The highest BCUT2D eigenvalue weighted by Gasteiger charge is 2.19. The van der Waals surface area contributed by atoms with E-state index in [1.54, 1.807) is 0 Å². The van der Waals surface area contributed by atoms with Crippen LogP contribution in [0.2, 0.25) is 0 Å². The number of nitrogens with one attached hydrogen (secondary N) is 1. The van der Waals surface area contributed by atoms with Crippen LogP contribution in [0.1, 0.15) is 51.6 Å². The molecular weight excluding hydrogens is 210 g/mol. The van der Waals surface area contributed by atoms with Crippen LogP contribution < -0.4 is 5.32 Å². The molecule has 1 aliphatic rings. The summed E-state index contributed by atoms with van der Waals surface area (Å²) in [7, 11) is 0. The monoisotopic (exact) mass is 235 g/mol. The molecule has 1 saturated heterocycles. The van der Waals surface area contributed by atoms with E-state index in [1.165, 1.54) is 25.0 Å². The van der Waals surface area contributed by atoms with Crippen LogP contribution in [0.4, 0.5) is 0 Å². The lowest BCUT2D eigenvalue weighted by molar-refractivity contribution is 0.342. The lowest BCUT2D eigenvalue weighted by Crippen LogP contribution is -2.27. The summed E-state index contributed by atoms with van der Waals surface area (Å²) >= 11 is 0. The van der Waals surface area contributed by atoms with Crippen molar-refractivity contribution in [3.8, 4) is 0 Å². The Morgan fingerprint density at radius 1 is 1.35 bits per heavy atom. The van der Waals surface area contributed by atoms with Gasteiger partial charge in [-0.15, -0.1) is 0 Å². The third-order valence-electron chi connectivity index (χ3n) is 3.60. The number of aromatic nitrogens is 2. The molecule has 0 atom stereocenters. The van der Waals surface area contributed by atoms with Crippen molar-refractivity contribution in [1.29, 1.82) is 0 Å². The first-order valence-corrected chi connectivity index (χ1v) is 6.77. The smallest absolute Gasteiger partial charge is 0.0948 e. The van der Waals surface area contributed by atoms with Gasteiger partial charge in [-0.3, -0.25) is 0 Å². The number of piperidine rings is 1. The van der Waals surface area contributed by atoms with Gasteiger partial charge in [-0.05, 0) is 37.8 Å². The predicted molar refractivity (Wildman–Crippen MR) is 71.1 cm³/mol. The maximum absolute atomic E-state index is 4.34. The third-order valence-corrected chi connectivity index (χ3v) is 3.60. The Hall–Kier alpha value is -0.830. The Bertz CT molecular complexity index is 343. The quantitative estimate of drug-likeness (QED) is 0.873. The number of rotatable bonds is 3. The van der Waals surface area contributed by atoms with Crippen LogP contribution in [-0.2, 0) is 6.54 Å². The Labute approximate surface area is 105 Å². The first kappa shape index (κ1) is 12.6. The normalized spacial score (nSPS) is 18.5. The molecule has 0 aromatic carbocycles. The van der Waals surface area contributed by atoms with E-state index in [1.807, 2.05) is 6.33 Å². The Morgan fingerprint density at radius 2 is 2.06 bits per heavy atom. The fraction of sp³-hybridized carbons (Fsp3) is 0.786. The summed E-state index contributed by atoms with van der Waals surface area (Å²) in [5, 5.41) is 3.42. The summed E-state index contributed by atoms with van der Waals surface area (Å²) in [6.07, 6.45) is 7.78. The van der Waals surface area contributed by atoms with E-state index >= 15 is 0 Å². The van der Waals surface area contributed by atoms with Gasteiger partial charge in [0.2, 0.25) is 0 Å². The molecule has 1 aromatic heterocycles. The molecule has 1 aliphatic heterocycles. The van der Waals surface area contributed by atoms with E-state index in [9.17, 15) is 0 Å². The second kappa shape index (κ2) is 5.21. The van der Waals surface area contributed by atoms with Crippen molar-refractivity contribution < 1.29 is 0 Å². The van der Waals surface area contributed by atoms with Gasteiger partial charge in [-0.25, -0.2) is 4.98 Å². The van der Waals surface area contributed by atoms with E-state index < -0.39 is 0 Å². The number of hydrogen-bond acceptors (Lipinski definition) is 2. The Morgan fingerprint density at radius 3 is 2.71 bits per heavy atom. The molecule has 1 N–H and O–H groups in total. The first-order valence-electron chi connectivity index (χ1n) is 6.77. The Balaban J connectivity index is 2.00. The minimum absolute atomic E-state index is 0.398. The maximum atomic E-state index is 4.34. The number of hydrogen-bond donors (Lipinski definition) is 1. The topological polar surface area (TPSA) is 29.9 Å². The summed E-state index contributed by atoms with van der Waals surface area (Å²) in [6.45, 7) is 10.3. The standard InChI is InChI=1S/C14H25N3/c1-14(2,3)6-9-17-11-16-10-13(17)12-4-7-15-8-5-12/h10-12,15H,4-9H2,1-3H3. The molecule has 0 saturated carbocycles. The van der Waals surface area contributed by atoms with Crippen molar-refractivity contribution in [3.63, 3.8) is 0 Å². The van der Waals surface area contributed by atoms with Crippen LogP contribution in [0.3, 0.4) is 0 Å². The molecule has 0 amide bonds. The van der Waals surface area contributed by atoms with E-state index in [-0.39, 0.29) is 0 Å². The molecule has 2 rings (SSSR count). The zero-order valence-corrected chi connectivity index (χ0v) is 11.4. The second-order valence-electron chi connectivity index (χ2n) is 6.35. The van der Waals surface area contributed by atoms with Crippen LogP contribution >= 0.6 is 0 Å². The summed E-state index contributed by atoms with van der Waals surface area (Å²) in [5.41, 5.74) is 1.84. The molecule has 1 fully saturated rings. The highest BCUT2D eigenvalue weighted by Crippen LogP contribution is 2.26. The summed E-state index contributed by atoms with van der Waals surface area (Å²) < 4.78 is 2.36. The van der Waals surface area contributed by atoms with Crippen LogP contribution in [-0.4, -0.2) is 22.6 Å². The van der Waals surface area contributed by atoms with Gasteiger partial charge in [0.05, 0.1) is 6.33 Å². The highest BCUT2D eigenvalue weighted by atomic mass is 15.0. The van der Waals surface area contributed by atoms with E-state index in [2.05, 4.69) is 41.8 Å². The summed E-state index contributed by atoms with van der Waals surface area (Å²) in [4.78, 5) is 4.34. The molecule has 96 valence electrons. The van der Waals surface area contributed by atoms with Crippen molar-refractivity contribution >= 4 is 0 Å². The van der Waals surface area contributed by atoms with Crippen LogP contribution in [0, 0.1) is 5.41 Å². The van der Waals surface area contributed by atoms with Gasteiger partial charge in [0.15, 0.2) is 0 Å². The SMILES string of the molecule is CC(C)(C)CCn1cncc1C1CCNCC1. The van der Waals surface area contributed by atoms with Crippen LogP contribution in [0.5, 0.6) is 0 Å². The van der Waals surface area contributed by atoms with E-state index in [0.29, 0.717) is 11.3 Å². The molecule has 3 nitrogen and oxygen atoms in total. The Kier molecular flexibility index (Phi) is 3.87. The molecule has 17 heavy (non-hydrogen) atoms. The predicted octanol–water partition coefficient (Wildman–Crippen LogP) is 2.79. The average molecular weight is 235 g/mol. The van der Waals surface area contributed by atoms with Gasteiger partial charge in [0.1, 0.15) is 0 Å². The number of aryl methyl sites for hydroxylation is 1. The molecular formula is C14H25N3. The minimum Gasteiger partial charge on any atom is -0.334 e. The van der Waals surface area contributed by atoms with Gasteiger partial charge >= 0.3 is 0 Å². The van der Waals surface area contributed by atoms with Gasteiger partial charge < -0.3 is 9.88 Å². The number of nitrogens with zero attached hydrogens (tertiary/aromatic N) is 2. The van der Waals surface area contributed by atoms with E-state index in [4.69, 9.17) is 0 Å². The summed E-state index contributed by atoms with van der Waals surface area (Å²) in [5.74, 6) is 0.707. The molecule has 0 radical (unpaired) electrons.